The van der Waals surface area contributed by atoms with Gasteiger partial charge in [0.2, 0.25) is 0 Å². The molecule has 0 bridgehead atoms. The number of hydrogen-bond donors (Lipinski definition) is 0. The number of rotatable bonds is 2. The van der Waals surface area contributed by atoms with Crippen molar-refractivity contribution in [1.82, 2.24) is 9.55 Å². The Hall–Kier alpha value is -2.08. The zero-order valence-electron chi connectivity index (χ0n) is 7.59. The largest absolute Gasteiger partial charge is 0.303 e. The average Bonchev–Trinajstić information content (AvgIpc) is 2.68. The minimum absolute atomic E-state index is 0.335. The molecule has 2 aromatic rings. The van der Waals surface area contributed by atoms with E-state index in [2.05, 4.69) is 11.1 Å². The van der Waals surface area contributed by atoms with Crippen molar-refractivity contribution in [2.75, 3.05) is 0 Å². The predicted molar refractivity (Wildman–Crippen MR) is 52.9 cm³/mol. The molecule has 3 heteroatoms. The Morgan fingerprint density at radius 1 is 1.29 bits per heavy atom. The lowest BCUT2D eigenvalue weighted by Gasteiger charge is -2.04. The van der Waals surface area contributed by atoms with Gasteiger partial charge < -0.3 is 4.57 Å². The Kier molecular flexibility index (Phi) is 2.28. The summed E-state index contributed by atoms with van der Waals surface area (Å²) in [7, 11) is 0. The number of aromatic nitrogens is 2. The molecule has 0 radical (unpaired) electrons. The third-order valence-corrected chi connectivity index (χ3v) is 1.99. The van der Waals surface area contributed by atoms with Crippen LogP contribution in [0.5, 0.6) is 0 Å². The van der Waals surface area contributed by atoms with Crippen molar-refractivity contribution in [2.24, 2.45) is 0 Å². The zero-order chi connectivity index (χ0) is 9.80. The lowest BCUT2D eigenvalue weighted by Crippen LogP contribution is -1.98. The lowest BCUT2D eigenvalue weighted by atomic mass is 10.3. The van der Waals surface area contributed by atoms with Crippen LogP contribution in [0.1, 0.15) is 5.82 Å². The van der Waals surface area contributed by atoms with Crippen LogP contribution in [0.25, 0.3) is 5.69 Å². The zero-order valence-corrected chi connectivity index (χ0v) is 7.59. The SMILES string of the molecule is N#CCc1nccn1-c1ccccc1. The summed E-state index contributed by atoms with van der Waals surface area (Å²) < 4.78 is 1.92. The fraction of sp³-hybridized carbons (Fsp3) is 0.0909. The third-order valence-electron chi connectivity index (χ3n) is 1.99. The van der Waals surface area contributed by atoms with Gasteiger partial charge in [-0.05, 0) is 12.1 Å². The van der Waals surface area contributed by atoms with E-state index in [0.717, 1.165) is 11.5 Å². The first-order chi connectivity index (χ1) is 6.92. The van der Waals surface area contributed by atoms with E-state index in [9.17, 15) is 0 Å². The quantitative estimate of drug-likeness (QED) is 0.713. The van der Waals surface area contributed by atoms with E-state index in [-0.39, 0.29) is 0 Å². The van der Waals surface area contributed by atoms with Crippen molar-refractivity contribution in [2.45, 2.75) is 6.42 Å². The van der Waals surface area contributed by atoms with Gasteiger partial charge in [0, 0.05) is 18.1 Å². The van der Waals surface area contributed by atoms with Crippen molar-refractivity contribution < 1.29 is 0 Å². The number of para-hydroxylation sites is 1. The van der Waals surface area contributed by atoms with E-state index in [4.69, 9.17) is 5.26 Å². The Labute approximate surface area is 82.2 Å². The maximum Gasteiger partial charge on any atom is 0.127 e. The van der Waals surface area contributed by atoms with Gasteiger partial charge in [0.1, 0.15) is 5.82 Å². The lowest BCUT2D eigenvalue weighted by molar-refractivity contribution is 0.933. The van der Waals surface area contributed by atoms with Crippen LogP contribution in [0.3, 0.4) is 0 Å². The molecule has 0 amide bonds. The van der Waals surface area contributed by atoms with E-state index in [1.54, 1.807) is 6.20 Å². The Bertz CT molecular complexity index is 451. The van der Waals surface area contributed by atoms with Gasteiger partial charge in [-0.1, -0.05) is 18.2 Å². The molecule has 0 spiro atoms. The fourth-order valence-corrected chi connectivity index (χ4v) is 1.36. The van der Waals surface area contributed by atoms with Crippen molar-refractivity contribution in [3.63, 3.8) is 0 Å². The van der Waals surface area contributed by atoms with Crippen LogP contribution in [0.4, 0.5) is 0 Å². The summed E-state index contributed by atoms with van der Waals surface area (Å²) in [6.45, 7) is 0. The van der Waals surface area contributed by atoms with Gasteiger partial charge in [-0.3, -0.25) is 0 Å². The standard InChI is InChI=1S/C11H9N3/c12-7-6-11-13-8-9-14(11)10-4-2-1-3-5-10/h1-5,8-9H,6H2. The first-order valence-electron chi connectivity index (χ1n) is 4.36. The van der Waals surface area contributed by atoms with Gasteiger partial charge in [0.05, 0.1) is 12.5 Å². The van der Waals surface area contributed by atoms with Crippen LogP contribution in [0.2, 0.25) is 0 Å². The van der Waals surface area contributed by atoms with Gasteiger partial charge in [-0.2, -0.15) is 5.26 Å². The monoisotopic (exact) mass is 183 g/mol. The van der Waals surface area contributed by atoms with Crippen LogP contribution >= 0.6 is 0 Å². The fourth-order valence-electron chi connectivity index (χ4n) is 1.36. The minimum atomic E-state index is 0.335. The molecular formula is C11H9N3. The first kappa shape index (κ1) is 8.52. The smallest absolute Gasteiger partial charge is 0.127 e. The van der Waals surface area contributed by atoms with Gasteiger partial charge in [-0.25, -0.2) is 4.98 Å². The molecule has 3 nitrogen and oxygen atoms in total. The second-order valence-electron chi connectivity index (χ2n) is 2.88. The summed E-state index contributed by atoms with van der Waals surface area (Å²) >= 11 is 0. The summed E-state index contributed by atoms with van der Waals surface area (Å²) in [6.07, 6.45) is 3.91. The first-order valence-corrected chi connectivity index (χ1v) is 4.36. The highest BCUT2D eigenvalue weighted by atomic mass is 15.1. The van der Waals surface area contributed by atoms with Crippen LogP contribution in [0, 0.1) is 11.3 Å². The van der Waals surface area contributed by atoms with E-state index in [1.165, 1.54) is 0 Å². The molecule has 0 aliphatic rings. The number of benzene rings is 1. The van der Waals surface area contributed by atoms with Gasteiger partial charge in [0.25, 0.3) is 0 Å². The van der Waals surface area contributed by atoms with Crippen LogP contribution in [-0.4, -0.2) is 9.55 Å². The highest BCUT2D eigenvalue weighted by molar-refractivity contribution is 5.33. The number of hydrogen-bond acceptors (Lipinski definition) is 2. The molecule has 0 fully saturated rings. The molecule has 0 aliphatic carbocycles. The molecule has 2 rings (SSSR count). The second kappa shape index (κ2) is 3.75. The molecule has 0 unspecified atom stereocenters. The van der Waals surface area contributed by atoms with Crippen LogP contribution in [0.15, 0.2) is 42.7 Å². The molecule has 1 aromatic carbocycles. The van der Waals surface area contributed by atoms with E-state index in [0.29, 0.717) is 6.42 Å². The van der Waals surface area contributed by atoms with Gasteiger partial charge in [-0.15, -0.1) is 0 Å². The average molecular weight is 183 g/mol. The highest BCUT2D eigenvalue weighted by Gasteiger charge is 2.02. The number of nitrogens with zero attached hydrogens (tertiary/aromatic N) is 3. The highest BCUT2D eigenvalue weighted by Crippen LogP contribution is 2.09. The van der Waals surface area contributed by atoms with Crippen molar-refractivity contribution in [3.05, 3.63) is 48.5 Å². The second-order valence-corrected chi connectivity index (χ2v) is 2.88. The molecule has 14 heavy (non-hydrogen) atoms. The van der Waals surface area contributed by atoms with Crippen LogP contribution < -0.4 is 0 Å². The maximum atomic E-state index is 8.61. The van der Waals surface area contributed by atoms with Gasteiger partial charge >= 0.3 is 0 Å². The normalized spacial score (nSPS) is 9.64. The Balaban J connectivity index is 2.43. The Morgan fingerprint density at radius 2 is 2.07 bits per heavy atom. The molecule has 0 N–H and O–H groups in total. The molecule has 0 atom stereocenters. The van der Waals surface area contributed by atoms with E-state index >= 15 is 0 Å². The molecule has 0 saturated carbocycles. The topological polar surface area (TPSA) is 41.6 Å². The van der Waals surface area contributed by atoms with Gasteiger partial charge in [0.15, 0.2) is 0 Å². The number of imidazole rings is 1. The maximum absolute atomic E-state index is 8.61. The summed E-state index contributed by atoms with van der Waals surface area (Å²) in [5, 5.41) is 8.61. The molecule has 1 aromatic heterocycles. The minimum Gasteiger partial charge on any atom is -0.303 e. The molecule has 1 heterocycles. The summed E-state index contributed by atoms with van der Waals surface area (Å²) in [4.78, 5) is 4.12. The molecule has 0 aliphatic heterocycles. The molecule has 68 valence electrons. The summed E-state index contributed by atoms with van der Waals surface area (Å²) in [6, 6.07) is 12.0. The molecule has 0 saturated heterocycles. The molecular weight excluding hydrogens is 174 g/mol. The van der Waals surface area contributed by atoms with E-state index in [1.807, 2.05) is 41.1 Å². The van der Waals surface area contributed by atoms with E-state index < -0.39 is 0 Å². The van der Waals surface area contributed by atoms with Crippen molar-refractivity contribution in [1.29, 1.82) is 5.26 Å². The van der Waals surface area contributed by atoms with Crippen LogP contribution in [-0.2, 0) is 6.42 Å². The third kappa shape index (κ3) is 1.50. The Morgan fingerprint density at radius 3 is 2.79 bits per heavy atom. The van der Waals surface area contributed by atoms with Crippen molar-refractivity contribution in [3.8, 4) is 11.8 Å². The number of nitriles is 1. The summed E-state index contributed by atoms with van der Waals surface area (Å²) in [5.41, 5.74) is 1.04. The predicted octanol–water partition coefficient (Wildman–Crippen LogP) is 1.94. The summed E-state index contributed by atoms with van der Waals surface area (Å²) in [5.74, 6) is 0.777. The van der Waals surface area contributed by atoms with Crippen molar-refractivity contribution >= 4 is 0 Å².